The van der Waals surface area contributed by atoms with Crippen molar-refractivity contribution in [1.82, 2.24) is 14.8 Å². The number of aromatic nitrogens is 3. The molecule has 0 saturated heterocycles. The molecule has 1 heterocycles. The van der Waals surface area contributed by atoms with Gasteiger partial charge in [0.2, 0.25) is 0 Å². The molecule has 0 saturated carbocycles. The first-order valence-electron chi connectivity index (χ1n) is 5.76. The maximum absolute atomic E-state index is 11.1. The molecule has 0 unspecified atom stereocenters. The van der Waals surface area contributed by atoms with E-state index in [-0.39, 0.29) is 5.69 Å². The highest BCUT2D eigenvalue weighted by molar-refractivity contribution is 5.71. The van der Waals surface area contributed by atoms with Gasteiger partial charge in [0.25, 0.3) is 5.69 Å². The third kappa shape index (κ3) is 2.60. The molecule has 0 N–H and O–H groups in total. The molecule has 0 radical (unpaired) electrons. The molecule has 7 heteroatoms. The fourth-order valence-electron chi connectivity index (χ4n) is 1.90. The van der Waals surface area contributed by atoms with Crippen molar-refractivity contribution < 1.29 is 9.66 Å². The average Bonchev–Trinajstić information content (AvgIpc) is 2.83. The summed E-state index contributed by atoms with van der Waals surface area (Å²) in [5, 5.41) is 18.9. The monoisotopic (exact) mass is 262 g/mol. The van der Waals surface area contributed by atoms with Crippen LogP contribution < -0.4 is 0 Å². The smallest absolute Gasteiger partial charge is 0.280 e. The lowest BCUT2D eigenvalue weighted by Crippen LogP contribution is -2.06. The van der Waals surface area contributed by atoms with Crippen molar-refractivity contribution in [3.8, 4) is 11.4 Å². The minimum absolute atomic E-state index is 0.0340. The summed E-state index contributed by atoms with van der Waals surface area (Å²) in [6.45, 7) is 2.85. The van der Waals surface area contributed by atoms with E-state index in [0.717, 1.165) is 5.56 Å². The highest BCUT2D eigenvalue weighted by atomic mass is 16.6. The largest absolute Gasteiger partial charge is 0.383 e. The molecule has 0 aliphatic heterocycles. The van der Waals surface area contributed by atoms with Gasteiger partial charge < -0.3 is 9.30 Å². The van der Waals surface area contributed by atoms with Gasteiger partial charge in [-0.2, -0.15) is 0 Å². The second-order valence-electron chi connectivity index (χ2n) is 4.07. The molecule has 0 amide bonds. The van der Waals surface area contributed by atoms with Crippen molar-refractivity contribution in [2.75, 3.05) is 13.7 Å². The van der Waals surface area contributed by atoms with E-state index in [1.165, 1.54) is 6.07 Å². The lowest BCUT2D eigenvalue weighted by molar-refractivity contribution is -0.384. The van der Waals surface area contributed by atoms with E-state index in [2.05, 4.69) is 10.2 Å². The lowest BCUT2D eigenvalue weighted by atomic mass is 10.1. The minimum atomic E-state index is -0.405. The van der Waals surface area contributed by atoms with Crippen LogP contribution in [0.3, 0.4) is 0 Å². The topological polar surface area (TPSA) is 83.1 Å². The van der Waals surface area contributed by atoms with Gasteiger partial charge in [-0.25, -0.2) is 0 Å². The number of methoxy groups -OCH3 is 1. The van der Waals surface area contributed by atoms with Crippen LogP contribution in [0.4, 0.5) is 5.69 Å². The van der Waals surface area contributed by atoms with Crippen molar-refractivity contribution in [3.05, 3.63) is 40.2 Å². The summed E-state index contributed by atoms with van der Waals surface area (Å²) in [6.07, 6.45) is 1.55. The van der Waals surface area contributed by atoms with Gasteiger partial charge in [0.15, 0.2) is 5.82 Å². The second kappa shape index (κ2) is 5.57. The molecule has 0 spiro atoms. The number of nitro groups is 1. The maximum atomic E-state index is 11.1. The average molecular weight is 262 g/mol. The number of hydrogen-bond acceptors (Lipinski definition) is 5. The van der Waals surface area contributed by atoms with Gasteiger partial charge in [0.05, 0.1) is 17.1 Å². The zero-order valence-electron chi connectivity index (χ0n) is 10.7. The Bertz CT molecular complexity index is 594. The Balaban J connectivity index is 2.52. The van der Waals surface area contributed by atoms with Gasteiger partial charge >= 0.3 is 0 Å². The molecule has 0 fully saturated rings. The quantitative estimate of drug-likeness (QED) is 0.606. The van der Waals surface area contributed by atoms with Crippen molar-refractivity contribution in [3.63, 3.8) is 0 Å². The Labute approximate surface area is 110 Å². The number of hydrogen-bond donors (Lipinski definition) is 0. The number of nitrogens with zero attached hydrogens (tertiary/aromatic N) is 4. The Morgan fingerprint density at radius 2 is 2.26 bits per heavy atom. The van der Waals surface area contributed by atoms with E-state index in [1.807, 2.05) is 13.0 Å². The lowest BCUT2D eigenvalue weighted by Gasteiger charge is -2.08. The van der Waals surface area contributed by atoms with Crippen molar-refractivity contribution >= 4 is 5.69 Å². The molecule has 1 aromatic heterocycles. The van der Waals surface area contributed by atoms with Crippen LogP contribution in [-0.4, -0.2) is 33.4 Å². The first-order chi connectivity index (χ1) is 9.15. The predicted octanol–water partition coefficient (Wildman–Crippen LogP) is 1.81. The number of aryl methyl sites for hydroxylation is 1. The van der Waals surface area contributed by atoms with Gasteiger partial charge in [0.1, 0.15) is 6.33 Å². The van der Waals surface area contributed by atoms with E-state index in [9.17, 15) is 10.1 Å². The molecule has 0 aliphatic rings. The molecular weight excluding hydrogens is 248 g/mol. The minimum Gasteiger partial charge on any atom is -0.383 e. The first-order valence-corrected chi connectivity index (χ1v) is 5.76. The summed E-state index contributed by atoms with van der Waals surface area (Å²) in [5.41, 5.74) is 1.33. The number of rotatable bonds is 5. The fraction of sp³-hybridized carbons (Fsp3) is 0.333. The van der Waals surface area contributed by atoms with Crippen LogP contribution >= 0.6 is 0 Å². The molecular formula is C12H14N4O3. The van der Waals surface area contributed by atoms with Crippen molar-refractivity contribution in [1.29, 1.82) is 0 Å². The van der Waals surface area contributed by atoms with E-state index in [1.54, 1.807) is 24.1 Å². The summed E-state index contributed by atoms with van der Waals surface area (Å²) in [5.74, 6) is 0.488. The second-order valence-corrected chi connectivity index (χ2v) is 4.07. The van der Waals surface area contributed by atoms with Gasteiger partial charge in [-0.3, -0.25) is 10.1 Å². The van der Waals surface area contributed by atoms with E-state index in [4.69, 9.17) is 4.74 Å². The van der Waals surface area contributed by atoms with Crippen LogP contribution in [0.15, 0.2) is 24.5 Å². The number of nitro benzene ring substituents is 1. The van der Waals surface area contributed by atoms with Gasteiger partial charge in [-0.15, -0.1) is 10.2 Å². The van der Waals surface area contributed by atoms with E-state index in [0.29, 0.717) is 24.5 Å². The van der Waals surface area contributed by atoms with Gasteiger partial charge in [-0.1, -0.05) is 12.1 Å². The predicted molar refractivity (Wildman–Crippen MR) is 68.7 cm³/mol. The Hall–Kier alpha value is -2.28. The van der Waals surface area contributed by atoms with Crippen LogP contribution in [0.2, 0.25) is 0 Å². The summed E-state index contributed by atoms with van der Waals surface area (Å²) in [7, 11) is 1.60. The standard InChI is InChI=1S/C12H14N4O3/c1-9-4-3-5-10(16(17)18)11(9)12-14-13-8-15(12)6-7-19-2/h3-5,8H,6-7H2,1-2H3. The fourth-order valence-corrected chi connectivity index (χ4v) is 1.90. The summed E-state index contributed by atoms with van der Waals surface area (Å²) >= 11 is 0. The van der Waals surface area contributed by atoms with Crippen molar-refractivity contribution in [2.24, 2.45) is 0 Å². The SMILES string of the molecule is COCCn1cnnc1-c1c(C)cccc1[N+](=O)[O-]. The molecule has 0 atom stereocenters. The summed E-state index contributed by atoms with van der Waals surface area (Å²) in [6, 6.07) is 4.95. The third-order valence-corrected chi connectivity index (χ3v) is 2.82. The maximum Gasteiger partial charge on any atom is 0.280 e. The van der Waals surface area contributed by atoms with E-state index < -0.39 is 4.92 Å². The molecule has 0 aliphatic carbocycles. The normalized spacial score (nSPS) is 10.6. The third-order valence-electron chi connectivity index (χ3n) is 2.82. The number of benzene rings is 1. The molecule has 7 nitrogen and oxygen atoms in total. The van der Waals surface area contributed by atoms with Crippen molar-refractivity contribution in [2.45, 2.75) is 13.5 Å². The summed E-state index contributed by atoms with van der Waals surface area (Å²) in [4.78, 5) is 10.7. The first kappa shape index (κ1) is 13.2. The Morgan fingerprint density at radius 3 is 2.95 bits per heavy atom. The Kier molecular flexibility index (Phi) is 3.86. The zero-order valence-corrected chi connectivity index (χ0v) is 10.7. The van der Waals surface area contributed by atoms with Gasteiger partial charge in [0, 0.05) is 19.7 Å². The van der Waals surface area contributed by atoms with Crippen LogP contribution in [-0.2, 0) is 11.3 Å². The highest BCUT2D eigenvalue weighted by Gasteiger charge is 2.21. The van der Waals surface area contributed by atoms with Crippen LogP contribution in [0, 0.1) is 17.0 Å². The molecule has 1 aromatic carbocycles. The zero-order chi connectivity index (χ0) is 13.8. The molecule has 2 rings (SSSR count). The number of ether oxygens (including phenoxy) is 1. The van der Waals surface area contributed by atoms with Crippen LogP contribution in [0.1, 0.15) is 5.56 Å². The summed E-state index contributed by atoms with van der Waals surface area (Å²) < 4.78 is 6.75. The highest BCUT2D eigenvalue weighted by Crippen LogP contribution is 2.31. The molecule has 100 valence electrons. The molecule has 2 aromatic rings. The molecule has 19 heavy (non-hydrogen) atoms. The van der Waals surface area contributed by atoms with Crippen LogP contribution in [0.5, 0.6) is 0 Å². The molecule has 0 bridgehead atoms. The van der Waals surface area contributed by atoms with E-state index >= 15 is 0 Å². The van der Waals surface area contributed by atoms with Gasteiger partial charge in [-0.05, 0) is 12.5 Å². The Morgan fingerprint density at radius 1 is 1.47 bits per heavy atom. The van der Waals surface area contributed by atoms with Crippen LogP contribution in [0.25, 0.3) is 11.4 Å².